The zero-order valence-electron chi connectivity index (χ0n) is 7.37. The minimum atomic E-state index is 0.406. The summed E-state index contributed by atoms with van der Waals surface area (Å²) in [5, 5.41) is 2.75. The first kappa shape index (κ1) is 8.93. The summed E-state index contributed by atoms with van der Waals surface area (Å²) in [6, 6.07) is 13.0. The van der Waals surface area contributed by atoms with E-state index >= 15 is 0 Å². The van der Waals surface area contributed by atoms with Crippen molar-refractivity contribution in [3.8, 4) is 0 Å². The van der Waals surface area contributed by atoms with Crippen molar-refractivity contribution in [3.63, 3.8) is 0 Å². The largest absolute Gasteiger partial charge is 0.0823 e. The lowest BCUT2D eigenvalue weighted by molar-refractivity contribution is 0.999. The molecule has 0 N–H and O–H groups in total. The van der Waals surface area contributed by atoms with Gasteiger partial charge >= 0.3 is 0 Å². The summed E-state index contributed by atoms with van der Waals surface area (Å²) in [4.78, 5) is 0.812. The van der Waals surface area contributed by atoms with Gasteiger partial charge < -0.3 is 0 Å². The van der Waals surface area contributed by atoms with Crippen LogP contribution in [0.4, 0.5) is 0 Å². The number of rotatable bonds is 0. The van der Waals surface area contributed by atoms with E-state index in [0.717, 1.165) is 0 Å². The topological polar surface area (TPSA) is 0 Å². The normalized spacial score (nSPS) is 24.4. The molecular weight excluding hydrogens is 304 g/mol. The minimum absolute atomic E-state index is 0.406. The first-order chi connectivity index (χ1) is 6.79. The van der Waals surface area contributed by atoms with E-state index in [1.807, 2.05) is 0 Å². The van der Waals surface area contributed by atoms with Crippen molar-refractivity contribution in [2.75, 3.05) is 0 Å². The molecular formula is C12H8Br2. The highest BCUT2D eigenvalue weighted by Crippen LogP contribution is 2.52. The third-order valence-corrected chi connectivity index (χ3v) is 5.57. The molecule has 0 unspecified atom stereocenters. The van der Waals surface area contributed by atoms with Crippen LogP contribution in [0.15, 0.2) is 36.4 Å². The third kappa shape index (κ3) is 1.04. The summed E-state index contributed by atoms with van der Waals surface area (Å²) < 4.78 is 0. The van der Waals surface area contributed by atoms with Crippen LogP contribution in [0.5, 0.6) is 0 Å². The monoisotopic (exact) mass is 310 g/mol. The van der Waals surface area contributed by atoms with Gasteiger partial charge in [-0.05, 0) is 21.9 Å². The maximum atomic E-state index is 3.73. The molecule has 2 aromatic carbocycles. The van der Waals surface area contributed by atoms with E-state index in [0.29, 0.717) is 9.65 Å². The highest BCUT2D eigenvalue weighted by molar-refractivity contribution is 9.12. The number of alkyl halides is 2. The number of hydrogen-bond donors (Lipinski definition) is 0. The van der Waals surface area contributed by atoms with Gasteiger partial charge in [-0.3, -0.25) is 0 Å². The van der Waals surface area contributed by atoms with Crippen LogP contribution >= 0.6 is 31.9 Å². The quantitative estimate of drug-likeness (QED) is 0.617. The average molecular weight is 312 g/mol. The lowest BCUT2D eigenvalue weighted by atomic mass is 10.1. The summed E-state index contributed by atoms with van der Waals surface area (Å²) in [5.41, 5.74) is 2.81. The molecule has 1 aliphatic rings. The second kappa shape index (κ2) is 3.07. The van der Waals surface area contributed by atoms with E-state index < -0.39 is 0 Å². The first-order valence-corrected chi connectivity index (χ1v) is 6.42. The Hall–Kier alpha value is -0.340. The van der Waals surface area contributed by atoms with Gasteiger partial charge in [0.05, 0.1) is 9.65 Å². The maximum absolute atomic E-state index is 3.73. The first-order valence-electron chi connectivity index (χ1n) is 4.59. The van der Waals surface area contributed by atoms with Gasteiger partial charge in [-0.2, -0.15) is 0 Å². The van der Waals surface area contributed by atoms with Crippen molar-refractivity contribution in [3.05, 3.63) is 47.5 Å². The standard InChI is InChI=1S/C12H8Br2/c13-11-8-5-1-3-7-4-2-6-9(10(7)8)12(11)14/h1-6,11-12H/t11-,12-/m1/s1. The molecule has 3 rings (SSSR count). The van der Waals surface area contributed by atoms with Crippen molar-refractivity contribution in [1.82, 2.24) is 0 Å². The summed E-state index contributed by atoms with van der Waals surface area (Å²) in [7, 11) is 0. The highest BCUT2D eigenvalue weighted by Gasteiger charge is 2.29. The molecule has 0 saturated heterocycles. The van der Waals surface area contributed by atoms with Gasteiger partial charge in [-0.1, -0.05) is 68.3 Å². The van der Waals surface area contributed by atoms with Gasteiger partial charge in [-0.15, -0.1) is 0 Å². The fourth-order valence-electron chi connectivity index (χ4n) is 2.17. The van der Waals surface area contributed by atoms with E-state index in [4.69, 9.17) is 0 Å². The summed E-state index contributed by atoms with van der Waals surface area (Å²) in [6.07, 6.45) is 0. The van der Waals surface area contributed by atoms with Crippen LogP contribution in [-0.2, 0) is 0 Å². The third-order valence-electron chi connectivity index (χ3n) is 2.82. The Labute approximate surface area is 99.6 Å². The van der Waals surface area contributed by atoms with E-state index in [-0.39, 0.29) is 0 Å². The zero-order chi connectivity index (χ0) is 9.71. The van der Waals surface area contributed by atoms with E-state index in [9.17, 15) is 0 Å². The molecule has 0 nitrogen and oxygen atoms in total. The van der Waals surface area contributed by atoms with Crippen LogP contribution in [0.1, 0.15) is 20.8 Å². The second-order valence-electron chi connectivity index (χ2n) is 3.60. The van der Waals surface area contributed by atoms with Crippen LogP contribution in [0.2, 0.25) is 0 Å². The zero-order valence-corrected chi connectivity index (χ0v) is 10.5. The van der Waals surface area contributed by atoms with Crippen LogP contribution in [0.3, 0.4) is 0 Å². The summed E-state index contributed by atoms with van der Waals surface area (Å²) >= 11 is 7.46. The van der Waals surface area contributed by atoms with Gasteiger partial charge in [0.2, 0.25) is 0 Å². The number of benzene rings is 2. The van der Waals surface area contributed by atoms with Gasteiger partial charge in [0.15, 0.2) is 0 Å². The predicted molar refractivity (Wildman–Crippen MR) is 67.3 cm³/mol. The molecule has 0 bridgehead atoms. The Morgan fingerprint density at radius 1 is 0.786 bits per heavy atom. The van der Waals surface area contributed by atoms with Crippen LogP contribution < -0.4 is 0 Å². The molecule has 2 heteroatoms. The number of halogens is 2. The summed E-state index contributed by atoms with van der Waals surface area (Å²) in [6.45, 7) is 0. The van der Waals surface area contributed by atoms with Crippen molar-refractivity contribution in [1.29, 1.82) is 0 Å². The molecule has 0 fully saturated rings. The molecule has 0 heterocycles. The molecule has 0 radical (unpaired) electrons. The van der Waals surface area contributed by atoms with Crippen LogP contribution in [0.25, 0.3) is 10.8 Å². The van der Waals surface area contributed by atoms with Gasteiger partial charge in [0, 0.05) is 0 Å². The van der Waals surface area contributed by atoms with E-state index in [1.165, 1.54) is 21.9 Å². The second-order valence-corrected chi connectivity index (χ2v) is 5.57. The lowest BCUT2D eigenvalue weighted by Crippen LogP contribution is -1.87. The Morgan fingerprint density at radius 2 is 1.29 bits per heavy atom. The van der Waals surface area contributed by atoms with Gasteiger partial charge in [0.1, 0.15) is 0 Å². The Bertz CT molecular complexity index is 462. The predicted octanol–water partition coefficient (Wildman–Crippen LogP) is 4.73. The fourth-order valence-corrected chi connectivity index (χ4v) is 3.51. The molecule has 70 valence electrons. The molecule has 14 heavy (non-hydrogen) atoms. The van der Waals surface area contributed by atoms with Crippen molar-refractivity contribution >= 4 is 42.6 Å². The average Bonchev–Trinajstić information content (AvgIpc) is 2.47. The lowest BCUT2D eigenvalue weighted by Gasteiger charge is -2.06. The van der Waals surface area contributed by atoms with E-state index in [2.05, 4.69) is 68.3 Å². The molecule has 0 aromatic heterocycles. The number of hydrogen-bond acceptors (Lipinski definition) is 0. The maximum Gasteiger partial charge on any atom is 0.0567 e. The highest BCUT2D eigenvalue weighted by atomic mass is 79.9. The molecule has 0 saturated carbocycles. The molecule has 0 amide bonds. The van der Waals surface area contributed by atoms with Crippen molar-refractivity contribution in [2.45, 2.75) is 9.65 Å². The smallest absolute Gasteiger partial charge is 0.0567 e. The van der Waals surface area contributed by atoms with Crippen molar-refractivity contribution < 1.29 is 0 Å². The molecule has 2 aromatic rings. The molecule has 0 spiro atoms. The Balaban J connectivity index is 2.49. The van der Waals surface area contributed by atoms with Crippen LogP contribution in [-0.4, -0.2) is 0 Å². The fraction of sp³-hybridized carbons (Fsp3) is 0.167. The van der Waals surface area contributed by atoms with Gasteiger partial charge in [-0.25, -0.2) is 0 Å². The molecule has 2 atom stereocenters. The van der Waals surface area contributed by atoms with Gasteiger partial charge in [0.25, 0.3) is 0 Å². The summed E-state index contributed by atoms with van der Waals surface area (Å²) in [5.74, 6) is 0. The van der Waals surface area contributed by atoms with Crippen molar-refractivity contribution in [2.24, 2.45) is 0 Å². The molecule has 1 aliphatic carbocycles. The minimum Gasteiger partial charge on any atom is -0.0823 e. The van der Waals surface area contributed by atoms with Crippen LogP contribution in [0, 0.1) is 0 Å². The Morgan fingerprint density at radius 3 is 1.79 bits per heavy atom. The van der Waals surface area contributed by atoms with E-state index in [1.54, 1.807) is 0 Å². The SMILES string of the molecule is Br[C@@H]1c2cccc3cccc(c23)[C@H]1Br. The molecule has 0 aliphatic heterocycles. The Kier molecular flexibility index (Phi) is 1.96.